The van der Waals surface area contributed by atoms with Crippen molar-refractivity contribution in [3.63, 3.8) is 0 Å². The van der Waals surface area contributed by atoms with Crippen LogP contribution in [0, 0.1) is 0 Å². The molecule has 1 amide bonds. The minimum atomic E-state index is -0.421. The lowest BCUT2D eigenvalue weighted by molar-refractivity contribution is 0.0929. The number of nitrogens with zero attached hydrogens (tertiary/aromatic N) is 1. The van der Waals surface area contributed by atoms with Crippen LogP contribution in [0.2, 0.25) is 0 Å². The van der Waals surface area contributed by atoms with Crippen LogP contribution in [-0.2, 0) is 0 Å². The molecule has 28 heavy (non-hydrogen) atoms. The Labute approximate surface area is 171 Å². The molecule has 0 bridgehead atoms. The molecule has 0 aliphatic rings. The number of halogens is 1. The van der Waals surface area contributed by atoms with Gasteiger partial charge in [0.2, 0.25) is 0 Å². The topological polar surface area (TPSA) is 73.1 Å². The highest BCUT2D eigenvalue weighted by Crippen LogP contribution is 2.37. The number of fused-ring (bicyclic) bond motifs is 1. The first-order valence-corrected chi connectivity index (χ1v) is 9.67. The van der Waals surface area contributed by atoms with Crippen molar-refractivity contribution in [1.82, 2.24) is 5.43 Å². The summed E-state index contributed by atoms with van der Waals surface area (Å²) in [5.41, 5.74) is 3.87. The largest absolute Gasteiger partial charge is 0.493 e. The molecule has 0 unspecified atom stereocenters. The minimum Gasteiger partial charge on any atom is -0.493 e. The number of methoxy groups -OCH3 is 1. The van der Waals surface area contributed by atoms with Crippen LogP contribution in [0.15, 0.2) is 56.5 Å². The molecule has 1 aromatic heterocycles. The average molecular weight is 445 g/mol. The van der Waals surface area contributed by atoms with E-state index in [-0.39, 0.29) is 11.9 Å². The molecular weight excluding hydrogens is 424 g/mol. The van der Waals surface area contributed by atoms with Gasteiger partial charge in [-0.3, -0.25) is 4.79 Å². The van der Waals surface area contributed by atoms with Crippen molar-refractivity contribution < 1.29 is 18.7 Å². The monoisotopic (exact) mass is 444 g/mol. The number of benzene rings is 2. The molecule has 1 atom stereocenters. The summed E-state index contributed by atoms with van der Waals surface area (Å²) in [5.74, 6) is 1.00. The highest BCUT2D eigenvalue weighted by Gasteiger charge is 2.14. The molecule has 0 aliphatic carbocycles. The van der Waals surface area contributed by atoms with Crippen LogP contribution >= 0.6 is 15.9 Å². The van der Waals surface area contributed by atoms with E-state index in [2.05, 4.69) is 33.4 Å². The van der Waals surface area contributed by atoms with E-state index in [1.807, 2.05) is 37.3 Å². The fourth-order valence-electron chi connectivity index (χ4n) is 2.53. The number of furan rings is 1. The quantitative estimate of drug-likeness (QED) is 0.404. The Morgan fingerprint density at radius 1 is 1.32 bits per heavy atom. The van der Waals surface area contributed by atoms with Gasteiger partial charge in [-0.1, -0.05) is 25.1 Å². The first kappa shape index (κ1) is 19.9. The Kier molecular flexibility index (Phi) is 6.36. The fourth-order valence-corrected chi connectivity index (χ4v) is 3.08. The van der Waals surface area contributed by atoms with Crippen LogP contribution in [0.1, 0.15) is 36.4 Å². The lowest BCUT2D eigenvalue weighted by atomic mass is 10.2. The third kappa shape index (κ3) is 4.54. The third-order valence-electron chi connectivity index (χ3n) is 4.17. The van der Waals surface area contributed by atoms with Gasteiger partial charge in [0.1, 0.15) is 5.58 Å². The van der Waals surface area contributed by atoms with Crippen LogP contribution < -0.4 is 14.9 Å². The molecule has 2 aromatic carbocycles. The third-order valence-corrected chi connectivity index (χ3v) is 4.76. The lowest BCUT2D eigenvalue weighted by Crippen LogP contribution is -2.16. The molecule has 0 radical (unpaired) electrons. The predicted octanol–water partition coefficient (Wildman–Crippen LogP) is 5.15. The van der Waals surface area contributed by atoms with Gasteiger partial charge >= 0.3 is 5.91 Å². The first-order valence-electron chi connectivity index (χ1n) is 8.88. The van der Waals surface area contributed by atoms with Crippen LogP contribution in [0.3, 0.4) is 0 Å². The average Bonchev–Trinajstić information content (AvgIpc) is 3.13. The summed E-state index contributed by atoms with van der Waals surface area (Å²) in [6.45, 7) is 4.05. The number of amides is 1. The van der Waals surface area contributed by atoms with Gasteiger partial charge in [-0.2, -0.15) is 5.10 Å². The zero-order valence-electron chi connectivity index (χ0n) is 15.9. The molecule has 146 valence electrons. The van der Waals surface area contributed by atoms with Gasteiger partial charge in [0.25, 0.3) is 0 Å². The van der Waals surface area contributed by atoms with E-state index in [9.17, 15) is 4.79 Å². The number of carbonyl (C=O) groups excluding carboxylic acids is 1. The van der Waals surface area contributed by atoms with Crippen LogP contribution in [0.5, 0.6) is 11.5 Å². The maximum absolute atomic E-state index is 12.2. The number of carbonyl (C=O) groups is 1. The van der Waals surface area contributed by atoms with Crippen LogP contribution in [0.25, 0.3) is 11.0 Å². The number of hydrogen-bond acceptors (Lipinski definition) is 5. The molecule has 3 aromatic rings. The van der Waals surface area contributed by atoms with Crippen molar-refractivity contribution >= 4 is 39.0 Å². The van der Waals surface area contributed by atoms with Gasteiger partial charge in [0, 0.05) is 5.39 Å². The highest BCUT2D eigenvalue weighted by molar-refractivity contribution is 9.10. The van der Waals surface area contributed by atoms with E-state index in [1.165, 1.54) is 6.21 Å². The number of nitrogens with one attached hydrogen (secondary N) is 1. The molecule has 0 saturated heterocycles. The molecule has 0 spiro atoms. The molecule has 7 heteroatoms. The predicted molar refractivity (Wildman–Crippen MR) is 112 cm³/mol. The second kappa shape index (κ2) is 8.93. The Morgan fingerprint density at radius 2 is 2.11 bits per heavy atom. The zero-order valence-corrected chi connectivity index (χ0v) is 17.4. The Hall–Kier alpha value is -2.80. The minimum absolute atomic E-state index is 0.0628. The summed E-state index contributed by atoms with van der Waals surface area (Å²) in [6, 6.07) is 12.7. The van der Waals surface area contributed by atoms with Gasteiger partial charge < -0.3 is 13.9 Å². The van der Waals surface area contributed by atoms with Crippen LogP contribution in [0.4, 0.5) is 0 Å². The van der Waals surface area contributed by atoms with Gasteiger partial charge in [-0.15, -0.1) is 0 Å². The lowest BCUT2D eigenvalue weighted by Gasteiger charge is -2.17. The van der Waals surface area contributed by atoms with Gasteiger partial charge in [0.05, 0.1) is 23.9 Å². The maximum atomic E-state index is 12.2. The van der Waals surface area contributed by atoms with E-state index in [0.717, 1.165) is 21.8 Å². The zero-order chi connectivity index (χ0) is 20.1. The summed E-state index contributed by atoms with van der Waals surface area (Å²) >= 11 is 3.50. The Bertz CT molecular complexity index is 980. The van der Waals surface area contributed by atoms with Crippen molar-refractivity contribution in [3.05, 3.63) is 58.3 Å². The normalized spacial score (nSPS) is 12.3. The Balaban J connectivity index is 1.72. The van der Waals surface area contributed by atoms with E-state index < -0.39 is 5.91 Å². The van der Waals surface area contributed by atoms with Gasteiger partial charge in [-0.25, -0.2) is 5.43 Å². The Morgan fingerprint density at radius 3 is 2.82 bits per heavy atom. The summed E-state index contributed by atoms with van der Waals surface area (Å²) in [6.07, 6.45) is 2.47. The number of hydrazone groups is 1. The number of rotatable bonds is 7. The van der Waals surface area contributed by atoms with Crippen molar-refractivity contribution in [2.75, 3.05) is 7.11 Å². The highest BCUT2D eigenvalue weighted by atomic mass is 79.9. The summed E-state index contributed by atoms with van der Waals surface area (Å²) in [7, 11) is 1.58. The van der Waals surface area contributed by atoms with E-state index in [0.29, 0.717) is 17.1 Å². The number of para-hydroxylation sites is 1. The van der Waals surface area contributed by atoms with Crippen molar-refractivity contribution in [1.29, 1.82) is 0 Å². The molecule has 0 aliphatic heterocycles. The molecule has 1 heterocycles. The SMILES string of the molecule is CC[C@@H](C)Oc1c(Br)cc(/C=N/NC(=O)c2cc3ccccc3o2)cc1OC. The summed E-state index contributed by atoms with van der Waals surface area (Å²) < 4.78 is 17.6. The van der Waals surface area contributed by atoms with E-state index in [4.69, 9.17) is 13.9 Å². The summed E-state index contributed by atoms with van der Waals surface area (Å²) in [5, 5.41) is 4.87. The van der Waals surface area contributed by atoms with E-state index in [1.54, 1.807) is 19.2 Å². The van der Waals surface area contributed by atoms with Crippen molar-refractivity contribution in [2.24, 2.45) is 5.10 Å². The molecule has 0 fully saturated rings. The fraction of sp³-hybridized carbons (Fsp3) is 0.238. The van der Waals surface area contributed by atoms with Gasteiger partial charge in [-0.05, 0) is 59.1 Å². The summed E-state index contributed by atoms with van der Waals surface area (Å²) in [4.78, 5) is 12.2. The molecule has 3 rings (SSSR count). The van der Waals surface area contributed by atoms with Crippen LogP contribution in [-0.4, -0.2) is 25.3 Å². The van der Waals surface area contributed by atoms with Crippen molar-refractivity contribution in [3.8, 4) is 11.5 Å². The first-order chi connectivity index (χ1) is 13.5. The van der Waals surface area contributed by atoms with E-state index >= 15 is 0 Å². The number of hydrogen-bond donors (Lipinski definition) is 1. The molecule has 6 nitrogen and oxygen atoms in total. The second-order valence-electron chi connectivity index (χ2n) is 6.22. The van der Waals surface area contributed by atoms with Crippen molar-refractivity contribution in [2.45, 2.75) is 26.4 Å². The maximum Gasteiger partial charge on any atom is 0.307 e. The van der Waals surface area contributed by atoms with Gasteiger partial charge in [0.15, 0.2) is 17.3 Å². The second-order valence-corrected chi connectivity index (χ2v) is 7.07. The smallest absolute Gasteiger partial charge is 0.307 e. The standard InChI is InChI=1S/C21H21BrN2O4/c1-4-13(2)27-20-16(22)9-14(10-18(20)26-3)12-23-24-21(25)19-11-15-7-5-6-8-17(15)28-19/h5-13H,4H2,1-3H3,(H,24,25)/b23-12+/t13-/m1/s1. The molecule has 0 saturated carbocycles. The molecular formula is C21H21BrN2O4. The number of ether oxygens (including phenoxy) is 2. The molecule has 1 N–H and O–H groups in total.